The lowest BCUT2D eigenvalue weighted by molar-refractivity contribution is -0.182. The molecule has 0 bridgehead atoms. The van der Waals surface area contributed by atoms with E-state index in [4.69, 9.17) is 9.47 Å². The lowest BCUT2D eigenvalue weighted by atomic mass is 9.48. The lowest BCUT2D eigenvalue weighted by Gasteiger charge is -2.53. The number of esters is 2. The van der Waals surface area contributed by atoms with Crippen LogP contribution in [0.3, 0.4) is 0 Å². The van der Waals surface area contributed by atoms with Crippen LogP contribution in [0.25, 0.3) is 0 Å². The molecule has 2 unspecified atom stereocenters. The van der Waals surface area contributed by atoms with Gasteiger partial charge in [0.2, 0.25) is 0 Å². The Hall–Kier alpha value is -1.58. The highest BCUT2D eigenvalue weighted by atomic mass is 16.5. The van der Waals surface area contributed by atoms with Gasteiger partial charge >= 0.3 is 11.9 Å². The van der Waals surface area contributed by atoms with Gasteiger partial charge in [-0.25, -0.2) is 0 Å². The van der Waals surface area contributed by atoms with Crippen molar-refractivity contribution in [3.8, 4) is 0 Å². The first kappa shape index (κ1) is 10.9. The molecular formula is C12H14O4. The average Bonchev–Trinajstić information content (AvgIpc) is 2.29. The summed E-state index contributed by atoms with van der Waals surface area (Å²) < 4.78 is 9.60. The highest BCUT2D eigenvalue weighted by Crippen LogP contribution is 2.61. The zero-order chi connectivity index (χ0) is 11.8. The molecule has 2 atom stereocenters. The maximum absolute atomic E-state index is 11.9. The molecule has 0 aliphatic heterocycles. The average molecular weight is 222 g/mol. The van der Waals surface area contributed by atoms with E-state index in [2.05, 4.69) is 0 Å². The molecule has 16 heavy (non-hydrogen) atoms. The van der Waals surface area contributed by atoms with Crippen LogP contribution >= 0.6 is 0 Å². The number of ether oxygens (including phenoxy) is 2. The molecule has 2 aliphatic carbocycles. The predicted molar refractivity (Wildman–Crippen MR) is 56.4 cm³/mol. The van der Waals surface area contributed by atoms with E-state index in [0.29, 0.717) is 12.8 Å². The van der Waals surface area contributed by atoms with E-state index in [0.717, 1.165) is 0 Å². The molecule has 86 valence electrons. The molecule has 0 amide bonds. The van der Waals surface area contributed by atoms with Gasteiger partial charge < -0.3 is 9.47 Å². The highest BCUT2D eigenvalue weighted by Gasteiger charge is 2.67. The van der Waals surface area contributed by atoms with Gasteiger partial charge in [0.05, 0.1) is 14.2 Å². The smallest absolute Gasteiger partial charge is 0.317 e. The van der Waals surface area contributed by atoms with Crippen LogP contribution in [0.15, 0.2) is 24.3 Å². The van der Waals surface area contributed by atoms with E-state index in [1.807, 2.05) is 0 Å². The molecule has 2 aliphatic rings. The number of rotatable bonds is 2. The summed E-state index contributed by atoms with van der Waals surface area (Å²) in [5, 5.41) is 0. The van der Waals surface area contributed by atoms with Crippen molar-refractivity contribution >= 4 is 11.9 Å². The first-order valence-corrected chi connectivity index (χ1v) is 5.17. The number of fused-ring (bicyclic) bond motifs is 1. The van der Waals surface area contributed by atoms with Crippen LogP contribution in [0.2, 0.25) is 0 Å². The summed E-state index contributed by atoms with van der Waals surface area (Å²) in [6.07, 6.45) is 8.29. The molecule has 0 saturated heterocycles. The Kier molecular flexibility index (Phi) is 2.37. The maximum atomic E-state index is 11.9. The van der Waals surface area contributed by atoms with Crippen LogP contribution in [0.1, 0.15) is 12.8 Å². The summed E-state index contributed by atoms with van der Waals surface area (Å²) in [4.78, 5) is 23.7. The molecule has 2 rings (SSSR count). The van der Waals surface area contributed by atoms with Crippen LogP contribution in [0, 0.1) is 10.8 Å². The van der Waals surface area contributed by atoms with Crippen molar-refractivity contribution < 1.29 is 19.1 Å². The maximum Gasteiger partial charge on any atom is 0.317 e. The Balaban J connectivity index is 2.45. The Morgan fingerprint density at radius 1 is 0.938 bits per heavy atom. The summed E-state index contributed by atoms with van der Waals surface area (Å²) in [7, 11) is 2.67. The van der Waals surface area contributed by atoms with Crippen molar-refractivity contribution in [2.45, 2.75) is 12.8 Å². The quantitative estimate of drug-likeness (QED) is 0.659. The first-order chi connectivity index (χ1) is 7.63. The van der Waals surface area contributed by atoms with E-state index < -0.39 is 10.8 Å². The molecule has 1 fully saturated rings. The molecule has 0 aromatic heterocycles. The van der Waals surface area contributed by atoms with Gasteiger partial charge in [-0.05, 0) is 12.8 Å². The van der Waals surface area contributed by atoms with Crippen LogP contribution in [0.5, 0.6) is 0 Å². The van der Waals surface area contributed by atoms with Crippen molar-refractivity contribution in [1.82, 2.24) is 0 Å². The summed E-state index contributed by atoms with van der Waals surface area (Å²) >= 11 is 0. The van der Waals surface area contributed by atoms with Crippen molar-refractivity contribution in [3.05, 3.63) is 24.3 Å². The molecule has 0 N–H and O–H groups in total. The minimum atomic E-state index is -0.858. The Labute approximate surface area is 93.9 Å². The number of carbonyl (C=O) groups is 2. The van der Waals surface area contributed by atoms with E-state index in [1.54, 1.807) is 24.3 Å². The number of hydrogen-bond donors (Lipinski definition) is 0. The van der Waals surface area contributed by atoms with Gasteiger partial charge in [0, 0.05) is 0 Å². The van der Waals surface area contributed by atoms with E-state index >= 15 is 0 Å². The number of hydrogen-bond acceptors (Lipinski definition) is 4. The fraction of sp³-hybridized carbons (Fsp3) is 0.500. The van der Waals surface area contributed by atoms with E-state index in [1.165, 1.54) is 14.2 Å². The molecule has 0 aromatic carbocycles. The molecule has 0 spiro atoms. The molecule has 0 heterocycles. The largest absolute Gasteiger partial charge is 0.468 e. The molecule has 0 aromatic rings. The summed E-state index contributed by atoms with van der Waals surface area (Å²) in [6.45, 7) is 0. The van der Waals surface area contributed by atoms with Crippen molar-refractivity contribution in [3.63, 3.8) is 0 Å². The van der Waals surface area contributed by atoms with Crippen molar-refractivity contribution in [2.75, 3.05) is 14.2 Å². The Bertz CT molecular complexity index is 358. The van der Waals surface area contributed by atoms with Gasteiger partial charge in [-0.2, -0.15) is 0 Å². The molecule has 4 heteroatoms. The highest BCUT2D eigenvalue weighted by molar-refractivity contribution is 5.94. The predicted octanol–water partition coefficient (Wildman–Crippen LogP) is 1.22. The Morgan fingerprint density at radius 3 is 1.56 bits per heavy atom. The van der Waals surface area contributed by atoms with Gasteiger partial charge in [0.25, 0.3) is 0 Å². The Morgan fingerprint density at radius 2 is 1.31 bits per heavy atom. The number of carbonyl (C=O) groups excluding carboxylic acids is 2. The summed E-state index contributed by atoms with van der Waals surface area (Å²) in [6, 6.07) is 0. The monoisotopic (exact) mass is 222 g/mol. The fourth-order valence-corrected chi connectivity index (χ4v) is 2.64. The van der Waals surface area contributed by atoms with Gasteiger partial charge in [0.15, 0.2) is 0 Å². The third-order valence-corrected chi connectivity index (χ3v) is 3.68. The zero-order valence-corrected chi connectivity index (χ0v) is 9.36. The van der Waals surface area contributed by atoms with Crippen LogP contribution in [0.4, 0.5) is 0 Å². The molecule has 1 saturated carbocycles. The standard InChI is InChI=1S/C12H14O4/c1-15-9(13)11-5-3-4-6-12(11,8-7-11)10(14)16-2/h3-6H,7-8H2,1-2H3. The van der Waals surface area contributed by atoms with Crippen LogP contribution in [-0.2, 0) is 19.1 Å². The minimum absolute atomic E-state index is 0.371. The van der Waals surface area contributed by atoms with Gasteiger partial charge in [-0.1, -0.05) is 24.3 Å². The van der Waals surface area contributed by atoms with Crippen molar-refractivity contribution in [2.24, 2.45) is 10.8 Å². The second-order valence-corrected chi connectivity index (χ2v) is 4.14. The summed E-state index contributed by atoms with van der Waals surface area (Å²) in [5.74, 6) is -0.741. The number of methoxy groups -OCH3 is 2. The fourth-order valence-electron chi connectivity index (χ4n) is 2.64. The number of allylic oxidation sites excluding steroid dienone is 2. The lowest BCUT2D eigenvalue weighted by Crippen LogP contribution is -2.59. The second kappa shape index (κ2) is 3.47. The first-order valence-electron chi connectivity index (χ1n) is 5.17. The zero-order valence-electron chi connectivity index (χ0n) is 9.36. The van der Waals surface area contributed by atoms with Gasteiger partial charge in [-0.3, -0.25) is 9.59 Å². The van der Waals surface area contributed by atoms with Crippen LogP contribution in [-0.4, -0.2) is 26.2 Å². The third kappa shape index (κ3) is 1.04. The van der Waals surface area contributed by atoms with Gasteiger partial charge in [0.1, 0.15) is 10.8 Å². The van der Waals surface area contributed by atoms with Crippen LogP contribution < -0.4 is 0 Å². The van der Waals surface area contributed by atoms with Gasteiger partial charge in [-0.15, -0.1) is 0 Å². The SMILES string of the molecule is COC(=O)C12C=CC=CC1(C(=O)OC)CC2. The normalized spacial score (nSPS) is 34.9. The minimum Gasteiger partial charge on any atom is -0.468 e. The third-order valence-electron chi connectivity index (χ3n) is 3.68. The molecule has 4 nitrogen and oxygen atoms in total. The molecule has 0 radical (unpaired) electrons. The van der Waals surface area contributed by atoms with E-state index in [9.17, 15) is 9.59 Å². The van der Waals surface area contributed by atoms with Crippen molar-refractivity contribution in [1.29, 1.82) is 0 Å². The van der Waals surface area contributed by atoms with E-state index in [-0.39, 0.29) is 11.9 Å². The summed E-state index contributed by atoms with van der Waals surface area (Å²) in [5.41, 5.74) is -1.72. The molecular weight excluding hydrogens is 208 g/mol. The second-order valence-electron chi connectivity index (χ2n) is 4.14. The topological polar surface area (TPSA) is 52.6 Å².